The van der Waals surface area contributed by atoms with Crippen LogP contribution in [0.3, 0.4) is 0 Å². The van der Waals surface area contributed by atoms with E-state index in [0.717, 1.165) is 5.56 Å². The van der Waals surface area contributed by atoms with Gasteiger partial charge in [0.2, 0.25) is 0 Å². The number of benzene rings is 1. The van der Waals surface area contributed by atoms with Gasteiger partial charge < -0.3 is 10.5 Å². The summed E-state index contributed by atoms with van der Waals surface area (Å²) in [4.78, 5) is 8.43. The molecule has 1 aromatic carbocycles. The third-order valence-corrected chi connectivity index (χ3v) is 3.99. The number of nitrogens with two attached hydrogens (primary N) is 1. The first kappa shape index (κ1) is 15.4. The summed E-state index contributed by atoms with van der Waals surface area (Å²) in [6.07, 6.45) is 2.00. The van der Waals surface area contributed by atoms with Crippen molar-refractivity contribution in [3.63, 3.8) is 0 Å². The fourth-order valence-corrected chi connectivity index (χ4v) is 2.48. The van der Waals surface area contributed by atoms with Gasteiger partial charge in [0.25, 0.3) is 0 Å². The molecular formula is C14H17Cl2N3O. The van der Waals surface area contributed by atoms with E-state index in [1.807, 2.05) is 19.1 Å². The van der Waals surface area contributed by atoms with E-state index in [4.69, 9.17) is 33.7 Å². The number of hydrogen-bond donors (Lipinski definition) is 1. The highest BCUT2D eigenvalue weighted by Gasteiger charge is 2.40. The molecule has 0 bridgehead atoms. The summed E-state index contributed by atoms with van der Waals surface area (Å²) in [5.74, 6) is 0. The van der Waals surface area contributed by atoms with Crippen LogP contribution in [0.1, 0.15) is 18.9 Å². The molecule has 1 aliphatic rings. The summed E-state index contributed by atoms with van der Waals surface area (Å²) in [7, 11) is 0. The van der Waals surface area contributed by atoms with Gasteiger partial charge in [-0.2, -0.15) is 0 Å². The van der Waals surface area contributed by atoms with Crippen molar-refractivity contribution in [1.82, 2.24) is 0 Å². The summed E-state index contributed by atoms with van der Waals surface area (Å²) in [5, 5.41) is 0.665. The fourth-order valence-electron chi connectivity index (χ4n) is 2.09. The van der Waals surface area contributed by atoms with Crippen molar-refractivity contribution in [2.24, 2.45) is 15.7 Å². The molecule has 2 N–H and O–H groups in total. The Kier molecular flexibility index (Phi) is 5.16. The molecule has 1 heterocycles. The first-order valence-corrected chi connectivity index (χ1v) is 7.26. The molecule has 20 heavy (non-hydrogen) atoms. The van der Waals surface area contributed by atoms with Crippen LogP contribution in [-0.4, -0.2) is 36.3 Å². The smallest absolute Gasteiger partial charge is 0.149 e. The van der Waals surface area contributed by atoms with E-state index in [9.17, 15) is 0 Å². The molecule has 0 radical (unpaired) electrons. The Hall–Kier alpha value is -0.940. The van der Waals surface area contributed by atoms with Crippen molar-refractivity contribution in [3.05, 3.63) is 34.9 Å². The van der Waals surface area contributed by atoms with E-state index in [1.165, 1.54) is 6.34 Å². The van der Waals surface area contributed by atoms with Gasteiger partial charge in [-0.1, -0.05) is 35.3 Å². The molecule has 2 unspecified atom stereocenters. The molecule has 0 fully saturated rings. The number of ether oxygens (including phenoxy) is 1. The van der Waals surface area contributed by atoms with Crippen molar-refractivity contribution in [2.75, 3.05) is 13.2 Å². The Morgan fingerprint density at radius 1 is 1.35 bits per heavy atom. The molecule has 4 nitrogen and oxygen atoms in total. The molecule has 1 aromatic rings. The molecule has 108 valence electrons. The highest BCUT2D eigenvalue weighted by Crippen LogP contribution is 2.28. The van der Waals surface area contributed by atoms with E-state index >= 15 is 0 Å². The quantitative estimate of drug-likeness (QED) is 0.516. The molecule has 0 aliphatic carbocycles. The molecule has 0 aromatic heterocycles. The molecule has 1 aliphatic heterocycles. The van der Waals surface area contributed by atoms with Crippen LogP contribution in [0.4, 0.5) is 0 Å². The fraction of sp³-hybridized carbons (Fsp3) is 0.429. The topological polar surface area (TPSA) is 60.0 Å². The molecule has 2 atom stereocenters. The van der Waals surface area contributed by atoms with Crippen LogP contribution in [0.5, 0.6) is 0 Å². The second kappa shape index (κ2) is 6.68. The minimum absolute atomic E-state index is 0.512. The van der Waals surface area contributed by atoms with Gasteiger partial charge in [-0.3, -0.25) is 4.99 Å². The molecule has 0 saturated carbocycles. The van der Waals surface area contributed by atoms with Gasteiger partial charge in [-0.25, -0.2) is 4.99 Å². The van der Waals surface area contributed by atoms with Crippen molar-refractivity contribution in [2.45, 2.75) is 24.4 Å². The average molecular weight is 314 g/mol. The Bertz CT molecular complexity index is 516. The lowest BCUT2D eigenvalue weighted by Crippen LogP contribution is -2.57. The Labute approximate surface area is 128 Å². The zero-order chi connectivity index (χ0) is 14.6. The van der Waals surface area contributed by atoms with E-state index in [0.29, 0.717) is 30.4 Å². The van der Waals surface area contributed by atoms with Gasteiger partial charge in [-0.05, 0) is 31.0 Å². The van der Waals surface area contributed by atoms with Gasteiger partial charge in [0.05, 0.1) is 11.3 Å². The first-order chi connectivity index (χ1) is 9.58. The van der Waals surface area contributed by atoms with Crippen molar-refractivity contribution >= 4 is 35.3 Å². The SMILES string of the molecule is CCOCCC1(N)C(c2ccc(Cl)cc2)=NC=NC1Cl. The second-order valence-corrected chi connectivity index (χ2v) is 5.42. The van der Waals surface area contributed by atoms with E-state index < -0.39 is 11.0 Å². The van der Waals surface area contributed by atoms with Crippen LogP contribution in [0.15, 0.2) is 34.3 Å². The van der Waals surface area contributed by atoms with Gasteiger partial charge in [0, 0.05) is 18.2 Å². The lowest BCUT2D eigenvalue weighted by molar-refractivity contribution is 0.134. The lowest BCUT2D eigenvalue weighted by Gasteiger charge is -2.35. The van der Waals surface area contributed by atoms with Crippen LogP contribution in [0.2, 0.25) is 5.02 Å². The number of aliphatic imine (C=N–C) groups is 2. The first-order valence-electron chi connectivity index (χ1n) is 6.44. The predicted octanol–water partition coefficient (Wildman–Crippen LogP) is 2.86. The number of halogens is 2. The third kappa shape index (κ3) is 3.20. The number of hydrogen-bond acceptors (Lipinski definition) is 4. The summed E-state index contributed by atoms with van der Waals surface area (Å²) in [5.41, 5.74) is 6.66. The summed E-state index contributed by atoms with van der Waals surface area (Å²) >= 11 is 12.2. The Morgan fingerprint density at radius 3 is 2.70 bits per heavy atom. The number of rotatable bonds is 5. The zero-order valence-corrected chi connectivity index (χ0v) is 12.7. The maximum Gasteiger partial charge on any atom is 0.149 e. The van der Waals surface area contributed by atoms with Crippen molar-refractivity contribution < 1.29 is 4.74 Å². The highest BCUT2D eigenvalue weighted by atomic mass is 35.5. The monoisotopic (exact) mass is 313 g/mol. The van der Waals surface area contributed by atoms with E-state index in [1.54, 1.807) is 12.1 Å². The van der Waals surface area contributed by atoms with Gasteiger partial charge in [0.1, 0.15) is 11.8 Å². The predicted molar refractivity (Wildman–Crippen MR) is 84.2 cm³/mol. The molecule has 0 amide bonds. The van der Waals surface area contributed by atoms with E-state index in [-0.39, 0.29) is 0 Å². The van der Waals surface area contributed by atoms with Gasteiger partial charge in [-0.15, -0.1) is 0 Å². The lowest BCUT2D eigenvalue weighted by atomic mass is 9.85. The van der Waals surface area contributed by atoms with Crippen LogP contribution in [0.25, 0.3) is 0 Å². The molecular weight excluding hydrogens is 297 g/mol. The zero-order valence-electron chi connectivity index (χ0n) is 11.2. The minimum Gasteiger partial charge on any atom is -0.382 e. The molecule has 0 saturated heterocycles. The largest absolute Gasteiger partial charge is 0.382 e. The van der Waals surface area contributed by atoms with Crippen LogP contribution in [0, 0.1) is 0 Å². The minimum atomic E-state index is -0.848. The van der Waals surface area contributed by atoms with Crippen LogP contribution < -0.4 is 5.73 Å². The average Bonchev–Trinajstić information content (AvgIpc) is 2.44. The van der Waals surface area contributed by atoms with Crippen LogP contribution in [-0.2, 0) is 4.74 Å². The second-order valence-electron chi connectivity index (χ2n) is 4.57. The maximum absolute atomic E-state index is 6.47. The summed E-state index contributed by atoms with van der Waals surface area (Å²) in [6, 6.07) is 7.37. The standard InChI is InChI=1S/C14H17Cl2N3O/c1-2-20-8-7-14(17)12(18-9-19-13(14)16)10-3-5-11(15)6-4-10/h3-6,9,13H,2,7-8,17H2,1H3. The third-order valence-electron chi connectivity index (χ3n) is 3.23. The molecule has 0 spiro atoms. The highest BCUT2D eigenvalue weighted by molar-refractivity contribution is 6.31. The van der Waals surface area contributed by atoms with Gasteiger partial charge in [0.15, 0.2) is 0 Å². The number of alkyl halides is 1. The molecule has 2 rings (SSSR count). The summed E-state index contributed by atoms with van der Waals surface area (Å²) in [6.45, 7) is 3.09. The summed E-state index contributed by atoms with van der Waals surface area (Å²) < 4.78 is 5.39. The Balaban J connectivity index is 2.29. The van der Waals surface area contributed by atoms with Crippen molar-refractivity contribution in [1.29, 1.82) is 0 Å². The van der Waals surface area contributed by atoms with Gasteiger partial charge >= 0.3 is 0 Å². The normalized spacial score (nSPS) is 25.6. The number of nitrogens with zero attached hydrogens (tertiary/aromatic N) is 2. The van der Waals surface area contributed by atoms with Crippen LogP contribution >= 0.6 is 23.2 Å². The van der Waals surface area contributed by atoms with E-state index in [2.05, 4.69) is 9.98 Å². The maximum atomic E-state index is 6.47. The van der Waals surface area contributed by atoms with Crippen molar-refractivity contribution in [3.8, 4) is 0 Å². The Morgan fingerprint density at radius 2 is 2.05 bits per heavy atom. The molecule has 6 heteroatoms.